The molecule has 0 aliphatic heterocycles. The van der Waals surface area contributed by atoms with Gasteiger partial charge in [0.15, 0.2) is 0 Å². The predicted octanol–water partition coefficient (Wildman–Crippen LogP) is -0.0149. The van der Waals surface area contributed by atoms with Crippen LogP contribution in [0, 0.1) is 0 Å². The van der Waals surface area contributed by atoms with Crippen molar-refractivity contribution in [1.29, 1.82) is 0 Å². The van der Waals surface area contributed by atoms with E-state index in [4.69, 9.17) is 5.73 Å². The third kappa shape index (κ3) is 4.42. The maximum atomic E-state index is 11.2. The molecule has 0 radical (unpaired) electrons. The summed E-state index contributed by atoms with van der Waals surface area (Å²) in [4.78, 5) is 22.2. The summed E-state index contributed by atoms with van der Waals surface area (Å²) in [7, 11) is 0. The lowest BCUT2D eigenvalue weighted by atomic mass is 10.1. The molecular weight excluding hydrogens is 168 g/mol. The van der Waals surface area contributed by atoms with E-state index in [0.29, 0.717) is 13.0 Å². The summed E-state index contributed by atoms with van der Waals surface area (Å²) in [5.41, 5.74) is 5.46. The first kappa shape index (κ1) is 11.8. The Labute approximate surface area is 78.2 Å². The molecule has 0 aromatic heterocycles. The zero-order valence-electron chi connectivity index (χ0n) is 7.88. The number of Topliss-reactive ketones (excluding diaryl/α,β-unsaturated/α-hetero) is 1. The van der Waals surface area contributed by atoms with Crippen molar-refractivity contribution in [3.05, 3.63) is 12.7 Å². The highest BCUT2D eigenvalue weighted by molar-refractivity contribution is 6.38. The molecule has 0 aromatic carbocycles. The van der Waals surface area contributed by atoms with Crippen molar-refractivity contribution in [2.45, 2.75) is 25.8 Å². The third-order valence-electron chi connectivity index (χ3n) is 1.57. The number of nitrogens with two attached hydrogens (primary N) is 1. The van der Waals surface area contributed by atoms with Crippen LogP contribution in [0.25, 0.3) is 0 Å². The van der Waals surface area contributed by atoms with Gasteiger partial charge in [0.1, 0.15) is 0 Å². The summed E-state index contributed by atoms with van der Waals surface area (Å²) in [5, 5.41) is 2.38. The van der Waals surface area contributed by atoms with Crippen LogP contribution in [-0.2, 0) is 9.59 Å². The summed E-state index contributed by atoms with van der Waals surface area (Å²) in [6.45, 7) is 5.62. The molecule has 0 bridgehead atoms. The van der Waals surface area contributed by atoms with Gasteiger partial charge >= 0.3 is 0 Å². The van der Waals surface area contributed by atoms with Crippen LogP contribution in [0.1, 0.15) is 19.8 Å². The molecule has 0 saturated carbocycles. The molecule has 0 aliphatic rings. The van der Waals surface area contributed by atoms with E-state index >= 15 is 0 Å². The van der Waals surface area contributed by atoms with Gasteiger partial charge in [0, 0.05) is 6.54 Å². The minimum Gasteiger partial charge on any atom is -0.346 e. The van der Waals surface area contributed by atoms with E-state index in [2.05, 4.69) is 11.9 Å². The van der Waals surface area contributed by atoms with Crippen LogP contribution in [0.5, 0.6) is 0 Å². The highest BCUT2D eigenvalue weighted by atomic mass is 16.2. The smallest absolute Gasteiger partial charge is 0.289 e. The molecule has 1 amide bonds. The fourth-order valence-electron chi connectivity index (χ4n) is 0.862. The maximum absolute atomic E-state index is 11.2. The Hall–Kier alpha value is -1.16. The van der Waals surface area contributed by atoms with Crippen LogP contribution in [0.15, 0.2) is 12.7 Å². The minimum absolute atomic E-state index is 0.295. The first-order valence-corrected chi connectivity index (χ1v) is 4.32. The van der Waals surface area contributed by atoms with Crippen LogP contribution < -0.4 is 11.1 Å². The largest absolute Gasteiger partial charge is 0.346 e. The van der Waals surface area contributed by atoms with Gasteiger partial charge in [-0.2, -0.15) is 0 Å². The lowest BCUT2D eigenvalue weighted by Gasteiger charge is -2.07. The zero-order chi connectivity index (χ0) is 10.3. The molecule has 0 aliphatic carbocycles. The first-order valence-electron chi connectivity index (χ1n) is 4.32. The molecule has 3 N–H and O–H groups in total. The van der Waals surface area contributed by atoms with Crippen molar-refractivity contribution in [2.24, 2.45) is 5.73 Å². The molecule has 4 nitrogen and oxygen atoms in total. The molecule has 0 spiro atoms. The Kier molecular flexibility index (Phi) is 5.80. The average Bonchev–Trinajstić information content (AvgIpc) is 2.13. The summed E-state index contributed by atoms with van der Waals surface area (Å²) in [6.07, 6.45) is 2.85. The normalized spacial score (nSPS) is 11.8. The van der Waals surface area contributed by atoms with Crippen LogP contribution in [0.3, 0.4) is 0 Å². The number of amides is 1. The molecule has 0 heterocycles. The number of carbonyl (C=O) groups excluding carboxylic acids is 2. The van der Waals surface area contributed by atoms with Gasteiger partial charge in [-0.05, 0) is 6.42 Å². The second-order valence-electron chi connectivity index (χ2n) is 2.76. The fourth-order valence-corrected chi connectivity index (χ4v) is 0.862. The van der Waals surface area contributed by atoms with Gasteiger partial charge in [0.25, 0.3) is 5.91 Å². The quantitative estimate of drug-likeness (QED) is 0.450. The van der Waals surface area contributed by atoms with Gasteiger partial charge < -0.3 is 11.1 Å². The predicted molar refractivity (Wildman–Crippen MR) is 51.1 cm³/mol. The fraction of sp³-hybridized carbons (Fsp3) is 0.556. The summed E-state index contributed by atoms with van der Waals surface area (Å²) in [5.74, 6) is -1.18. The van der Waals surface area contributed by atoms with Gasteiger partial charge in [-0.25, -0.2) is 0 Å². The summed E-state index contributed by atoms with van der Waals surface area (Å²) in [6, 6.07) is -0.671. The Morgan fingerprint density at radius 2 is 2.23 bits per heavy atom. The number of hydrogen-bond acceptors (Lipinski definition) is 3. The topological polar surface area (TPSA) is 72.2 Å². The minimum atomic E-state index is -0.671. The first-order chi connectivity index (χ1) is 6.13. The zero-order valence-corrected chi connectivity index (χ0v) is 7.88. The molecule has 0 unspecified atom stereocenters. The SMILES string of the molecule is C=CCNC(=O)C(=O)[C@H](N)CCC. The van der Waals surface area contributed by atoms with E-state index < -0.39 is 17.7 Å². The molecule has 0 aromatic rings. The average molecular weight is 184 g/mol. The van der Waals surface area contributed by atoms with E-state index in [1.807, 2.05) is 6.92 Å². The van der Waals surface area contributed by atoms with Crippen molar-refractivity contribution in [2.75, 3.05) is 6.54 Å². The highest BCUT2D eigenvalue weighted by Gasteiger charge is 2.19. The maximum Gasteiger partial charge on any atom is 0.289 e. The molecule has 0 fully saturated rings. The lowest BCUT2D eigenvalue weighted by Crippen LogP contribution is -2.42. The molecule has 4 heteroatoms. The molecular formula is C9H16N2O2. The molecule has 13 heavy (non-hydrogen) atoms. The summed E-state index contributed by atoms with van der Waals surface area (Å²) >= 11 is 0. The van der Waals surface area contributed by atoms with Gasteiger partial charge in [-0.15, -0.1) is 6.58 Å². The number of rotatable bonds is 6. The Morgan fingerprint density at radius 1 is 1.62 bits per heavy atom. The van der Waals surface area contributed by atoms with Crippen molar-refractivity contribution in [1.82, 2.24) is 5.32 Å². The second kappa shape index (κ2) is 6.37. The van der Waals surface area contributed by atoms with Gasteiger partial charge in [0.2, 0.25) is 5.78 Å². The second-order valence-corrected chi connectivity index (χ2v) is 2.76. The summed E-state index contributed by atoms with van der Waals surface area (Å²) < 4.78 is 0. The van der Waals surface area contributed by atoms with Gasteiger partial charge in [-0.1, -0.05) is 19.4 Å². The Morgan fingerprint density at radius 3 is 2.69 bits per heavy atom. The number of carbonyl (C=O) groups is 2. The number of hydrogen-bond donors (Lipinski definition) is 2. The van der Waals surface area contributed by atoms with Crippen molar-refractivity contribution < 1.29 is 9.59 Å². The highest BCUT2D eigenvalue weighted by Crippen LogP contribution is 1.94. The van der Waals surface area contributed by atoms with E-state index in [0.717, 1.165) is 6.42 Å². The van der Waals surface area contributed by atoms with Gasteiger partial charge in [-0.3, -0.25) is 9.59 Å². The molecule has 1 atom stereocenters. The van der Waals surface area contributed by atoms with Crippen LogP contribution in [-0.4, -0.2) is 24.3 Å². The third-order valence-corrected chi connectivity index (χ3v) is 1.57. The van der Waals surface area contributed by atoms with Crippen LogP contribution in [0.2, 0.25) is 0 Å². The standard InChI is InChI=1S/C9H16N2O2/c1-3-5-7(10)8(12)9(13)11-6-4-2/h4,7H,2-3,5-6,10H2,1H3,(H,11,13)/t7-/m1/s1. The number of ketones is 1. The molecule has 0 rings (SSSR count). The van der Waals surface area contributed by atoms with E-state index in [-0.39, 0.29) is 0 Å². The van der Waals surface area contributed by atoms with E-state index in [9.17, 15) is 9.59 Å². The molecule has 0 saturated heterocycles. The van der Waals surface area contributed by atoms with Crippen LogP contribution in [0.4, 0.5) is 0 Å². The van der Waals surface area contributed by atoms with E-state index in [1.165, 1.54) is 6.08 Å². The van der Waals surface area contributed by atoms with E-state index in [1.54, 1.807) is 0 Å². The van der Waals surface area contributed by atoms with Gasteiger partial charge in [0.05, 0.1) is 6.04 Å². The van der Waals surface area contributed by atoms with Crippen molar-refractivity contribution >= 4 is 11.7 Å². The Bertz CT molecular complexity index is 202. The van der Waals surface area contributed by atoms with Crippen molar-refractivity contribution in [3.63, 3.8) is 0 Å². The molecule has 74 valence electrons. The lowest BCUT2D eigenvalue weighted by molar-refractivity contribution is -0.138. The Balaban J connectivity index is 3.94. The number of nitrogens with one attached hydrogen (secondary N) is 1. The van der Waals surface area contributed by atoms with Crippen LogP contribution >= 0.6 is 0 Å². The monoisotopic (exact) mass is 184 g/mol. The van der Waals surface area contributed by atoms with Crippen molar-refractivity contribution in [3.8, 4) is 0 Å².